The minimum atomic E-state index is -4.41. The normalized spacial score (nSPS) is 28.9. The molecule has 2 aliphatic heterocycles. The second-order valence-electron chi connectivity index (χ2n) is 9.65. The van der Waals surface area contributed by atoms with Gasteiger partial charge in [-0.05, 0) is 0 Å². The fourth-order valence-corrected chi connectivity index (χ4v) is 5.21. The number of fused-ring (bicyclic) bond motifs is 2. The van der Waals surface area contributed by atoms with Crippen LogP contribution in [0.5, 0.6) is 0 Å². The Morgan fingerprint density at radius 2 is 1.34 bits per heavy atom. The van der Waals surface area contributed by atoms with E-state index in [1.165, 1.54) is 44.1 Å². The number of hydrogen-bond donors (Lipinski definition) is 7. The highest BCUT2D eigenvalue weighted by molar-refractivity contribution is 7.51. The number of nitrogens with zero attached hydrogens (tertiary/aromatic N) is 8. The van der Waals surface area contributed by atoms with Crippen molar-refractivity contribution >= 4 is 41.6 Å². The highest BCUT2D eigenvalue weighted by Gasteiger charge is 2.47. The van der Waals surface area contributed by atoms with Gasteiger partial charge in [-0.3, -0.25) is 13.7 Å². The molecule has 6 rings (SSSR count). The van der Waals surface area contributed by atoms with Crippen LogP contribution in [-0.4, -0.2) is 128 Å². The molecule has 0 amide bonds. The number of nitrogen functional groups attached to an aromatic ring is 2. The number of anilines is 2. The van der Waals surface area contributed by atoms with Crippen LogP contribution in [0.3, 0.4) is 0 Å². The topological polar surface area (TPSA) is 304 Å². The van der Waals surface area contributed by atoms with E-state index in [0.29, 0.717) is 22.3 Å². The molecule has 2 aliphatic rings. The Balaban J connectivity index is 0.000000177. The van der Waals surface area contributed by atoms with Gasteiger partial charge in [0.2, 0.25) is 0 Å². The smallest absolute Gasteiger partial charge is 0.351 e. The first kappa shape index (κ1) is 31.9. The number of ether oxygens (including phenoxy) is 5. The van der Waals surface area contributed by atoms with Crippen molar-refractivity contribution in [2.75, 3.05) is 38.6 Å². The number of nitrogens with two attached hydrogens (primary N) is 2. The lowest BCUT2D eigenvalue weighted by atomic mass is 10.1. The summed E-state index contributed by atoms with van der Waals surface area (Å²) < 4.78 is 40.6. The van der Waals surface area contributed by atoms with Crippen molar-refractivity contribution in [3.8, 4) is 0 Å². The summed E-state index contributed by atoms with van der Waals surface area (Å²) in [6.07, 6.45) is -2.68. The highest BCUT2D eigenvalue weighted by Crippen LogP contribution is 2.39. The number of aliphatic hydroxyl groups is 3. The van der Waals surface area contributed by atoms with Gasteiger partial charge in [-0.25, -0.2) is 29.9 Å². The summed E-state index contributed by atoms with van der Waals surface area (Å²) in [5.74, 6) is 0.445. The zero-order chi connectivity index (χ0) is 31.8. The van der Waals surface area contributed by atoms with Gasteiger partial charge in [-0.2, -0.15) is 0 Å². The van der Waals surface area contributed by atoms with E-state index in [9.17, 15) is 19.9 Å². The number of methoxy groups -OCH3 is 2. The van der Waals surface area contributed by atoms with Gasteiger partial charge in [0.25, 0.3) is 0 Å². The van der Waals surface area contributed by atoms with Crippen LogP contribution in [0.4, 0.5) is 11.6 Å². The standard InChI is InChI=1S/C11H16N5O7P.C11H15N5O4/c1-21-7-6(17)11(22-4-24(18,19)20)23-10(7)16-3-15-5-8(12)13-2-14-9(5)16;1-19-8-7(18)5(2-17)20-11(8)16-4-15-6-9(12)13-3-14-10(6)16/h2-3,6-7,10-11,17H,4H2,1H3,(H2,12,13,14)(H2,18,19,20);3-5,7-8,11,17-18H,2H2,1H3,(H2,12,13,14)/t6?,7-,10-,11+;5-,7?,8-,11-/m11/s1. The third kappa shape index (κ3) is 6.07. The molecule has 2 unspecified atom stereocenters. The van der Waals surface area contributed by atoms with E-state index in [1.807, 2.05) is 0 Å². The minimum Gasteiger partial charge on any atom is -0.394 e. The van der Waals surface area contributed by atoms with Crippen molar-refractivity contribution in [2.45, 2.75) is 49.3 Å². The monoisotopic (exact) mass is 642 g/mol. The molecule has 2 saturated heterocycles. The molecule has 0 aromatic carbocycles. The second-order valence-corrected chi connectivity index (χ2v) is 11.2. The lowest BCUT2D eigenvalue weighted by molar-refractivity contribution is -0.167. The van der Waals surface area contributed by atoms with Crippen LogP contribution < -0.4 is 11.5 Å². The molecule has 8 atom stereocenters. The third-order valence-corrected chi connectivity index (χ3v) is 7.42. The van der Waals surface area contributed by atoms with Crippen molar-refractivity contribution in [2.24, 2.45) is 0 Å². The van der Waals surface area contributed by atoms with Crippen LogP contribution in [0.15, 0.2) is 25.3 Å². The summed E-state index contributed by atoms with van der Waals surface area (Å²) in [6, 6.07) is 0. The maximum absolute atomic E-state index is 10.9. The van der Waals surface area contributed by atoms with E-state index in [0.717, 1.165) is 0 Å². The van der Waals surface area contributed by atoms with Crippen molar-refractivity contribution in [3.05, 3.63) is 25.3 Å². The molecule has 6 heterocycles. The Hall–Kier alpha value is -3.47. The molecule has 0 bridgehead atoms. The van der Waals surface area contributed by atoms with Crippen molar-refractivity contribution in [3.63, 3.8) is 0 Å². The summed E-state index contributed by atoms with van der Waals surface area (Å²) in [5, 5.41) is 29.5. The molecule has 21 nitrogen and oxygen atoms in total. The van der Waals surface area contributed by atoms with Crippen LogP contribution in [-0.2, 0) is 28.2 Å². The number of aromatic nitrogens is 8. The lowest BCUT2D eigenvalue weighted by Gasteiger charge is -2.19. The van der Waals surface area contributed by atoms with E-state index in [2.05, 4.69) is 29.9 Å². The van der Waals surface area contributed by atoms with E-state index in [1.54, 1.807) is 4.57 Å². The number of aliphatic hydroxyl groups excluding tert-OH is 3. The predicted molar refractivity (Wildman–Crippen MR) is 146 cm³/mol. The molecular formula is C22H31N10O11P. The molecule has 9 N–H and O–H groups in total. The van der Waals surface area contributed by atoms with Gasteiger partial charge in [0.1, 0.15) is 54.2 Å². The first-order valence-corrected chi connectivity index (χ1v) is 14.6. The summed E-state index contributed by atoms with van der Waals surface area (Å²) in [4.78, 5) is 41.9. The quantitative estimate of drug-likeness (QED) is 0.0974. The average Bonchev–Trinajstić information content (AvgIpc) is 3.75. The van der Waals surface area contributed by atoms with E-state index in [4.69, 9.17) is 44.9 Å². The van der Waals surface area contributed by atoms with E-state index in [-0.39, 0.29) is 18.2 Å². The molecular weight excluding hydrogens is 611 g/mol. The maximum Gasteiger partial charge on any atom is 0.351 e. The molecule has 44 heavy (non-hydrogen) atoms. The summed E-state index contributed by atoms with van der Waals surface area (Å²) in [7, 11) is -1.58. The second kappa shape index (κ2) is 12.9. The molecule has 0 aliphatic carbocycles. The number of hydrogen-bond acceptors (Lipinski definition) is 17. The van der Waals surface area contributed by atoms with Crippen LogP contribution >= 0.6 is 7.60 Å². The molecule has 4 aromatic heterocycles. The summed E-state index contributed by atoms with van der Waals surface area (Å²) in [5.41, 5.74) is 13.1. The third-order valence-electron chi connectivity index (χ3n) is 6.94. The van der Waals surface area contributed by atoms with Crippen LogP contribution in [0.2, 0.25) is 0 Å². The SMILES string of the molecule is CO[C@@H]1C(O)[C@@H](CO)O[C@H]1n1cnc2c(N)ncnc21.CO[C@@H]1C(O)[C@@H](OCP(=O)(O)O)O[C@H]1n1cnc2c(N)ncnc21. The zero-order valence-electron chi connectivity index (χ0n) is 23.2. The summed E-state index contributed by atoms with van der Waals surface area (Å²) >= 11 is 0. The fourth-order valence-electron chi connectivity index (χ4n) is 4.87. The zero-order valence-corrected chi connectivity index (χ0v) is 24.1. The van der Waals surface area contributed by atoms with Crippen LogP contribution in [0.25, 0.3) is 22.3 Å². The Kier molecular flexibility index (Phi) is 9.34. The van der Waals surface area contributed by atoms with Gasteiger partial charge in [0, 0.05) is 14.2 Å². The van der Waals surface area contributed by atoms with Gasteiger partial charge < -0.3 is 60.3 Å². The van der Waals surface area contributed by atoms with Gasteiger partial charge in [-0.15, -0.1) is 0 Å². The Morgan fingerprint density at radius 1 is 0.841 bits per heavy atom. The Labute approximate surface area is 247 Å². The predicted octanol–water partition coefficient (Wildman–Crippen LogP) is -2.53. The molecule has 4 aromatic rings. The van der Waals surface area contributed by atoms with Crippen molar-refractivity contribution in [1.29, 1.82) is 0 Å². The van der Waals surface area contributed by atoms with E-state index >= 15 is 0 Å². The molecule has 0 saturated carbocycles. The van der Waals surface area contributed by atoms with Gasteiger partial charge >= 0.3 is 7.60 Å². The molecule has 22 heteroatoms. The first-order chi connectivity index (χ1) is 21.0. The van der Waals surface area contributed by atoms with Gasteiger partial charge in [0.05, 0.1) is 19.3 Å². The van der Waals surface area contributed by atoms with E-state index < -0.39 is 63.2 Å². The van der Waals surface area contributed by atoms with Gasteiger partial charge in [0.15, 0.2) is 48.0 Å². The Morgan fingerprint density at radius 3 is 1.82 bits per heavy atom. The highest BCUT2D eigenvalue weighted by atomic mass is 31.2. The average molecular weight is 643 g/mol. The Bertz CT molecular complexity index is 1630. The molecule has 0 spiro atoms. The number of imidazole rings is 2. The number of rotatable bonds is 8. The molecule has 240 valence electrons. The molecule has 0 radical (unpaired) electrons. The lowest BCUT2D eigenvalue weighted by Crippen LogP contribution is -2.34. The van der Waals surface area contributed by atoms with Crippen LogP contribution in [0, 0.1) is 0 Å². The molecule has 2 fully saturated rings. The fraction of sp³-hybridized carbons (Fsp3) is 0.545. The largest absolute Gasteiger partial charge is 0.394 e. The summed E-state index contributed by atoms with van der Waals surface area (Å²) in [6.45, 7) is -0.304. The van der Waals surface area contributed by atoms with Crippen molar-refractivity contribution in [1.82, 2.24) is 39.0 Å². The first-order valence-electron chi connectivity index (χ1n) is 12.8. The van der Waals surface area contributed by atoms with Crippen LogP contribution in [0.1, 0.15) is 12.5 Å². The van der Waals surface area contributed by atoms with Gasteiger partial charge in [-0.1, -0.05) is 0 Å². The maximum atomic E-state index is 10.9. The minimum absolute atomic E-state index is 0.181. The van der Waals surface area contributed by atoms with Crippen molar-refractivity contribution < 1.29 is 53.4 Å².